The Morgan fingerprint density at radius 1 is 1.31 bits per heavy atom. The summed E-state index contributed by atoms with van der Waals surface area (Å²) >= 11 is 0. The normalized spacial score (nSPS) is 10.2. The number of carbonyl (C=O) groups excluding carboxylic acids is 1. The van der Waals surface area contributed by atoms with Crippen molar-refractivity contribution < 1.29 is 14.6 Å². The lowest BCUT2D eigenvalue weighted by molar-refractivity contribution is -0.214. The Morgan fingerprint density at radius 2 is 1.94 bits per heavy atom. The van der Waals surface area contributed by atoms with E-state index in [9.17, 15) is 4.79 Å². The van der Waals surface area contributed by atoms with Crippen molar-refractivity contribution in [3.8, 4) is 5.75 Å². The number of rotatable bonds is 5. The van der Waals surface area contributed by atoms with E-state index in [2.05, 4.69) is 4.89 Å². The molecule has 0 bridgehead atoms. The molecule has 0 aliphatic heterocycles. The Bertz CT molecular complexity index is 333. The third kappa shape index (κ3) is 4.31. The first kappa shape index (κ1) is 12.5. The van der Waals surface area contributed by atoms with E-state index in [4.69, 9.17) is 10.6 Å². The quantitative estimate of drug-likeness (QED) is 0.613. The number of benzene rings is 1. The van der Waals surface area contributed by atoms with Crippen LogP contribution in [0, 0.1) is 5.92 Å². The summed E-state index contributed by atoms with van der Waals surface area (Å²) < 4.78 is 0. The zero-order valence-electron chi connectivity index (χ0n) is 9.60. The third-order valence-corrected chi connectivity index (χ3v) is 1.96. The zero-order valence-corrected chi connectivity index (χ0v) is 9.60. The minimum atomic E-state index is -0.363. The first-order chi connectivity index (χ1) is 7.61. The van der Waals surface area contributed by atoms with Crippen LogP contribution >= 0.6 is 0 Å². The van der Waals surface area contributed by atoms with Gasteiger partial charge in [0.05, 0.1) is 6.42 Å². The molecular formula is C12H17NO3. The predicted octanol–water partition coefficient (Wildman–Crippen LogP) is 2.03. The van der Waals surface area contributed by atoms with Crippen LogP contribution in [0.1, 0.15) is 25.8 Å². The maximum Gasteiger partial charge on any atom is 0.355 e. The van der Waals surface area contributed by atoms with E-state index in [0.717, 1.165) is 5.56 Å². The Morgan fingerprint density at radius 3 is 2.44 bits per heavy atom. The summed E-state index contributed by atoms with van der Waals surface area (Å²) in [5.41, 5.74) is 6.45. The van der Waals surface area contributed by atoms with Crippen molar-refractivity contribution in [3.05, 3.63) is 29.8 Å². The zero-order chi connectivity index (χ0) is 12.0. The highest BCUT2D eigenvalue weighted by Gasteiger charge is 2.07. The van der Waals surface area contributed by atoms with E-state index in [-0.39, 0.29) is 11.9 Å². The molecular weight excluding hydrogens is 206 g/mol. The summed E-state index contributed by atoms with van der Waals surface area (Å²) in [4.78, 5) is 20.7. The second kappa shape index (κ2) is 6.12. The van der Waals surface area contributed by atoms with Crippen LogP contribution in [-0.4, -0.2) is 5.97 Å². The highest BCUT2D eigenvalue weighted by atomic mass is 17.2. The topological polar surface area (TPSA) is 61.5 Å². The molecule has 16 heavy (non-hydrogen) atoms. The molecule has 0 aromatic heterocycles. The summed E-state index contributed by atoms with van der Waals surface area (Å²) in [5, 5.41) is 0. The molecule has 4 nitrogen and oxygen atoms in total. The summed E-state index contributed by atoms with van der Waals surface area (Å²) in [6, 6.07) is 7.08. The minimum Gasteiger partial charge on any atom is -0.326 e. The van der Waals surface area contributed by atoms with Crippen LogP contribution in [0.4, 0.5) is 0 Å². The average molecular weight is 223 g/mol. The van der Waals surface area contributed by atoms with Crippen molar-refractivity contribution in [2.75, 3.05) is 0 Å². The van der Waals surface area contributed by atoms with Gasteiger partial charge in [-0.3, -0.25) is 9.78 Å². The van der Waals surface area contributed by atoms with Gasteiger partial charge in [0.25, 0.3) is 0 Å². The average Bonchev–Trinajstić information content (AvgIpc) is 2.26. The van der Waals surface area contributed by atoms with Crippen LogP contribution in [0.5, 0.6) is 5.75 Å². The van der Waals surface area contributed by atoms with Crippen molar-refractivity contribution in [1.29, 1.82) is 0 Å². The molecule has 0 amide bonds. The second-order valence-corrected chi connectivity index (χ2v) is 3.98. The SMILES string of the molecule is CC(C)CC(=O)OOc1ccc(CN)cc1. The molecule has 1 aromatic rings. The van der Waals surface area contributed by atoms with Gasteiger partial charge in [-0.15, -0.1) is 0 Å². The van der Waals surface area contributed by atoms with E-state index >= 15 is 0 Å². The van der Waals surface area contributed by atoms with Gasteiger partial charge in [-0.25, -0.2) is 4.79 Å². The van der Waals surface area contributed by atoms with E-state index in [1.54, 1.807) is 12.1 Å². The van der Waals surface area contributed by atoms with Crippen LogP contribution in [0.15, 0.2) is 24.3 Å². The molecule has 0 spiro atoms. The predicted molar refractivity (Wildman–Crippen MR) is 60.5 cm³/mol. The van der Waals surface area contributed by atoms with E-state index < -0.39 is 0 Å². The van der Waals surface area contributed by atoms with Crippen LogP contribution in [-0.2, 0) is 16.2 Å². The molecule has 1 rings (SSSR count). The van der Waals surface area contributed by atoms with Crippen LogP contribution < -0.4 is 10.6 Å². The van der Waals surface area contributed by atoms with Crippen LogP contribution in [0.25, 0.3) is 0 Å². The summed E-state index contributed by atoms with van der Waals surface area (Å²) in [7, 11) is 0. The van der Waals surface area contributed by atoms with Gasteiger partial charge in [0.1, 0.15) is 0 Å². The molecule has 1 aromatic carbocycles. The Kier molecular flexibility index (Phi) is 4.79. The smallest absolute Gasteiger partial charge is 0.326 e. The molecule has 0 saturated heterocycles. The van der Waals surface area contributed by atoms with E-state index in [0.29, 0.717) is 18.7 Å². The lowest BCUT2D eigenvalue weighted by Gasteiger charge is -2.06. The molecule has 0 unspecified atom stereocenters. The Labute approximate surface area is 95.3 Å². The number of carbonyl (C=O) groups is 1. The molecule has 88 valence electrons. The molecule has 2 N–H and O–H groups in total. The van der Waals surface area contributed by atoms with E-state index in [1.165, 1.54) is 0 Å². The molecule has 0 atom stereocenters. The highest BCUT2D eigenvalue weighted by molar-refractivity contribution is 5.69. The van der Waals surface area contributed by atoms with Crippen molar-refractivity contribution in [3.63, 3.8) is 0 Å². The Hall–Kier alpha value is -1.55. The molecule has 0 aliphatic carbocycles. The molecule has 0 saturated carbocycles. The lowest BCUT2D eigenvalue weighted by atomic mass is 10.1. The fourth-order valence-electron chi connectivity index (χ4n) is 1.14. The maximum absolute atomic E-state index is 11.2. The van der Waals surface area contributed by atoms with Gasteiger partial charge < -0.3 is 5.73 Å². The van der Waals surface area contributed by atoms with Gasteiger partial charge in [0, 0.05) is 6.54 Å². The molecule has 0 radical (unpaired) electrons. The summed E-state index contributed by atoms with van der Waals surface area (Å²) in [6.45, 7) is 4.36. The number of nitrogens with two attached hydrogens (primary N) is 1. The number of hydrogen-bond acceptors (Lipinski definition) is 4. The largest absolute Gasteiger partial charge is 0.355 e. The first-order valence-electron chi connectivity index (χ1n) is 5.28. The molecule has 4 heteroatoms. The van der Waals surface area contributed by atoms with Crippen molar-refractivity contribution in [1.82, 2.24) is 0 Å². The van der Waals surface area contributed by atoms with Gasteiger partial charge in [0.15, 0.2) is 5.75 Å². The summed E-state index contributed by atoms with van der Waals surface area (Å²) in [6.07, 6.45) is 0.348. The molecule has 0 aliphatic rings. The Balaban J connectivity index is 2.39. The van der Waals surface area contributed by atoms with Gasteiger partial charge in [-0.2, -0.15) is 0 Å². The summed E-state index contributed by atoms with van der Waals surface area (Å²) in [5.74, 6) is 0.392. The van der Waals surface area contributed by atoms with E-state index in [1.807, 2.05) is 26.0 Å². The van der Waals surface area contributed by atoms with Crippen LogP contribution in [0.3, 0.4) is 0 Å². The maximum atomic E-state index is 11.2. The van der Waals surface area contributed by atoms with Gasteiger partial charge in [-0.1, -0.05) is 26.0 Å². The fourth-order valence-corrected chi connectivity index (χ4v) is 1.14. The van der Waals surface area contributed by atoms with Crippen molar-refractivity contribution in [2.24, 2.45) is 11.7 Å². The van der Waals surface area contributed by atoms with Gasteiger partial charge in [-0.05, 0) is 23.6 Å². The standard InChI is InChI=1S/C12H17NO3/c1-9(2)7-12(14)16-15-11-5-3-10(8-13)4-6-11/h3-6,9H,7-8,13H2,1-2H3. The minimum absolute atomic E-state index is 0.260. The monoisotopic (exact) mass is 223 g/mol. The van der Waals surface area contributed by atoms with Crippen molar-refractivity contribution >= 4 is 5.97 Å². The van der Waals surface area contributed by atoms with Crippen LogP contribution in [0.2, 0.25) is 0 Å². The van der Waals surface area contributed by atoms with Gasteiger partial charge >= 0.3 is 5.97 Å². The molecule has 0 fully saturated rings. The fraction of sp³-hybridized carbons (Fsp3) is 0.417. The van der Waals surface area contributed by atoms with Crippen molar-refractivity contribution in [2.45, 2.75) is 26.8 Å². The highest BCUT2D eigenvalue weighted by Crippen LogP contribution is 2.12. The lowest BCUT2D eigenvalue weighted by Crippen LogP contribution is -2.10. The second-order valence-electron chi connectivity index (χ2n) is 3.98. The third-order valence-electron chi connectivity index (χ3n) is 1.96. The van der Waals surface area contributed by atoms with Gasteiger partial charge in [0.2, 0.25) is 0 Å². The first-order valence-corrected chi connectivity index (χ1v) is 5.28. The molecule has 0 heterocycles. The number of hydrogen-bond donors (Lipinski definition) is 1.